The highest BCUT2D eigenvalue weighted by molar-refractivity contribution is 5.92. The van der Waals surface area contributed by atoms with E-state index >= 15 is 0 Å². The molecule has 0 N–H and O–H groups in total. The lowest BCUT2D eigenvalue weighted by atomic mass is 10.1. The predicted molar refractivity (Wildman–Crippen MR) is 104 cm³/mol. The van der Waals surface area contributed by atoms with E-state index < -0.39 is 0 Å². The Kier molecular flexibility index (Phi) is 6.61. The Balaban J connectivity index is 1.63. The van der Waals surface area contributed by atoms with Crippen LogP contribution in [0.1, 0.15) is 55.4 Å². The van der Waals surface area contributed by atoms with Crippen LogP contribution in [0.3, 0.4) is 0 Å². The van der Waals surface area contributed by atoms with Crippen LogP contribution in [0.2, 0.25) is 0 Å². The van der Waals surface area contributed by atoms with Gasteiger partial charge in [0.2, 0.25) is 0 Å². The SMILES string of the molecule is CCn1nc(CC(C)C)cc1C(=O)N1CCC[C@H](OCc2cccnc2)C1. The minimum absolute atomic E-state index is 0.0639. The Bertz CT molecular complexity index is 742. The van der Waals surface area contributed by atoms with E-state index in [2.05, 4.69) is 23.9 Å². The number of piperidine rings is 1. The van der Waals surface area contributed by atoms with Gasteiger partial charge in [0.25, 0.3) is 5.91 Å². The molecular weight excluding hydrogens is 340 g/mol. The topological polar surface area (TPSA) is 60.2 Å². The van der Waals surface area contributed by atoms with Crippen LogP contribution in [0.4, 0.5) is 0 Å². The number of aromatic nitrogens is 3. The van der Waals surface area contributed by atoms with Gasteiger partial charge in [0, 0.05) is 32.0 Å². The van der Waals surface area contributed by atoms with Crippen molar-refractivity contribution >= 4 is 5.91 Å². The van der Waals surface area contributed by atoms with E-state index in [1.807, 2.05) is 40.9 Å². The number of amides is 1. The number of rotatable bonds is 7. The van der Waals surface area contributed by atoms with Crippen molar-refractivity contribution < 1.29 is 9.53 Å². The van der Waals surface area contributed by atoms with Crippen LogP contribution in [0.15, 0.2) is 30.6 Å². The maximum absolute atomic E-state index is 13.1. The van der Waals surface area contributed by atoms with E-state index in [4.69, 9.17) is 4.74 Å². The number of hydrogen-bond donors (Lipinski definition) is 0. The summed E-state index contributed by atoms with van der Waals surface area (Å²) in [5.41, 5.74) is 2.75. The molecule has 27 heavy (non-hydrogen) atoms. The van der Waals surface area contributed by atoms with E-state index in [1.54, 1.807) is 6.20 Å². The van der Waals surface area contributed by atoms with Gasteiger partial charge in [-0.1, -0.05) is 19.9 Å². The second-order valence-corrected chi connectivity index (χ2v) is 7.62. The first-order valence-electron chi connectivity index (χ1n) is 9.93. The molecule has 1 saturated heterocycles. The molecule has 6 heteroatoms. The summed E-state index contributed by atoms with van der Waals surface area (Å²) in [4.78, 5) is 19.1. The Morgan fingerprint density at radius 2 is 2.26 bits per heavy atom. The largest absolute Gasteiger partial charge is 0.372 e. The minimum Gasteiger partial charge on any atom is -0.372 e. The highest BCUT2D eigenvalue weighted by Gasteiger charge is 2.27. The summed E-state index contributed by atoms with van der Waals surface area (Å²) < 4.78 is 7.88. The zero-order valence-electron chi connectivity index (χ0n) is 16.6. The first kappa shape index (κ1) is 19.5. The maximum Gasteiger partial charge on any atom is 0.272 e. The molecule has 0 unspecified atom stereocenters. The van der Waals surface area contributed by atoms with Crippen molar-refractivity contribution in [2.45, 2.75) is 59.3 Å². The van der Waals surface area contributed by atoms with Crippen LogP contribution < -0.4 is 0 Å². The summed E-state index contributed by atoms with van der Waals surface area (Å²) in [6.45, 7) is 9.01. The van der Waals surface area contributed by atoms with Gasteiger partial charge in [0.05, 0.1) is 18.4 Å². The van der Waals surface area contributed by atoms with Crippen molar-refractivity contribution in [3.05, 3.63) is 47.5 Å². The third-order valence-electron chi connectivity index (χ3n) is 4.84. The molecule has 3 rings (SSSR count). The minimum atomic E-state index is 0.0639. The number of pyridine rings is 1. The lowest BCUT2D eigenvalue weighted by Crippen LogP contribution is -2.43. The number of ether oxygens (including phenoxy) is 1. The summed E-state index contributed by atoms with van der Waals surface area (Å²) in [5.74, 6) is 0.586. The van der Waals surface area contributed by atoms with Crippen molar-refractivity contribution in [2.75, 3.05) is 13.1 Å². The van der Waals surface area contributed by atoms with E-state index in [0.717, 1.165) is 37.1 Å². The summed E-state index contributed by atoms with van der Waals surface area (Å²) in [6.07, 6.45) is 6.48. The van der Waals surface area contributed by atoms with Crippen LogP contribution in [0.25, 0.3) is 0 Å². The fourth-order valence-electron chi connectivity index (χ4n) is 3.52. The number of carbonyl (C=O) groups is 1. The second-order valence-electron chi connectivity index (χ2n) is 7.62. The lowest BCUT2D eigenvalue weighted by Gasteiger charge is -2.32. The Labute approximate surface area is 161 Å². The molecule has 1 amide bonds. The highest BCUT2D eigenvalue weighted by Crippen LogP contribution is 2.19. The lowest BCUT2D eigenvalue weighted by molar-refractivity contribution is -0.00713. The van der Waals surface area contributed by atoms with E-state index in [-0.39, 0.29) is 12.0 Å². The van der Waals surface area contributed by atoms with Crippen LogP contribution >= 0.6 is 0 Å². The van der Waals surface area contributed by atoms with Crippen molar-refractivity contribution in [2.24, 2.45) is 5.92 Å². The Morgan fingerprint density at radius 1 is 1.41 bits per heavy atom. The molecule has 1 aliphatic rings. The molecule has 2 aromatic rings. The second kappa shape index (κ2) is 9.13. The summed E-state index contributed by atoms with van der Waals surface area (Å²) in [7, 11) is 0. The molecule has 0 aliphatic carbocycles. The van der Waals surface area contributed by atoms with E-state index in [0.29, 0.717) is 31.3 Å². The predicted octanol–water partition coefficient (Wildman–Crippen LogP) is 3.32. The fraction of sp³-hybridized carbons (Fsp3) is 0.571. The monoisotopic (exact) mass is 370 g/mol. The molecule has 6 nitrogen and oxygen atoms in total. The molecule has 0 spiro atoms. The number of likely N-dealkylation sites (tertiary alicyclic amines) is 1. The van der Waals surface area contributed by atoms with Crippen LogP contribution in [-0.4, -0.2) is 44.8 Å². The van der Waals surface area contributed by atoms with Crippen molar-refractivity contribution in [1.29, 1.82) is 0 Å². The first-order valence-corrected chi connectivity index (χ1v) is 9.93. The molecule has 1 aliphatic heterocycles. The van der Waals surface area contributed by atoms with Crippen LogP contribution in [-0.2, 0) is 24.3 Å². The van der Waals surface area contributed by atoms with Gasteiger partial charge in [-0.15, -0.1) is 0 Å². The molecule has 0 saturated carbocycles. The fourth-order valence-corrected chi connectivity index (χ4v) is 3.52. The average Bonchev–Trinajstić information content (AvgIpc) is 3.09. The van der Waals surface area contributed by atoms with Crippen molar-refractivity contribution in [3.8, 4) is 0 Å². The van der Waals surface area contributed by atoms with Crippen molar-refractivity contribution in [3.63, 3.8) is 0 Å². The molecule has 3 heterocycles. The number of nitrogens with zero attached hydrogens (tertiary/aromatic N) is 4. The molecule has 0 radical (unpaired) electrons. The van der Waals surface area contributed by atoms with Gasteiger partial charge in [-0.05, 0) is 49.8 Å². The number of carbonyl (C=O) groups excluding carboxylic acids is 1. The van der Waals surface area contributed by atoms with Gasteiger partial charge < -0.3 is 9.64 Å². The molecule has 1 fully saturated rings. The summed E-state index contributed by atoms with van der Waals surface area (Å²) in [5, 5.41) is 4.61. The zero-order valence-corrected chi connectivity index (χ0v) is 16.6. The van der Waals surface area contributed by atoms with Gasteiger partial charge in [0.15, 0.2) is 0 Å². The van der Waals surface area contributed by atoms with Gasteiger partial charge in [-0.2, -0.15) is 5.10 Å². The zero-order chi connectivity index (χ0) is 19.2. The van der Waals surface area contributed by atoms with Crippen molar-refractivity contribution in [1.82, 2.24) is 19.7 Å². The molecular formula is C21H30N4O2. The third kappa shape index (κ3) is 5.16. The molecule has 0 aromatic carbocycles. The van der Waals surface area contributed by atoms with E-state index in [9.17, 15) is 4.79 Å². The molecule has 2 aromatic heterocycles. The molecule has 0 bridgehead atoms. The third-order valence-corrected chi connectivity index (χ3v) is 4.84. The van der Waals surface area contributed by atoms with Crippen LogP contribution in [0.5, 0.6) is 0 Å². The Morgan fingerprint density at radius 3 is 2.96 bits per heavy atom. The summed E-state index contributed by atoms with van der Waals surface area (Å²) >= 11 is 0. The van der Waals surface area contributed by atoms with Gasteiger partial charge in [-0.25, -0.2) is 0 Å². The summed E-state index contributed by atoms with van der Waals surface area (Å²) in [6, 6.07) is 5.89. The molecule has 146 valence electrons. The van der Waals surface area contributed by atoms with E-state index in [1.165, 1.54) is 0 Å². The number of aryl methyl sites for hydroxylation is 1. The molecule has 1 atom stereocenters. The smallest absolute Gasteiger partial charge is 0.272 e. The standard InChI is InChI=1S/C21H30N4O2/c1-4-25-20(12-18(23-25)11-16(2)3)21(26)24-10-6-8-19(14-24)27-15-17-7-5-9-22-13-17/h5,7,9,12-13,16,19H,4,6,8,10-11,14-15H2,1-3H3/t19-/m0/s1. The number of hydrogen-bond acceptors (Lipinski definition) is 4. The Hall–Kier alpha value is -2.21. The average molecular weight is 370 g/mol. The highest BCUT2D eigenvalue weighted by atomic mass is 16.5. The maximum atomic E-state index is 13.1. The van der Waals surface area contributed by atoms with Gasteiger partial charge >= 0.3 is 0 Å². The van der Waals surface area contributed by atoms with Gasteiger partial charge in [-0.3, -0.25) is 14.5 Å². The quantitative estimate of drug-likeness (QED) is 0.750. The first-order chi connectivity index (χ1) is 13.1. The normalized spacial score (nSPS) is 17.5. The van der Waals surface area contributed by atoms with Gasteiger partial charge in [0.1, 0.15) is 5.69 Å². The van der Waals surface area contributed by atoms with Crippen LogP contribution in [0, 0.1) is 5.92 Å².